The van der Waals surface area contributed by atoms with Gasteiger partial charge >= 0.3 is 0 Å². The molecule has 2 heterocycles. The van der Waals surface area contributed by atoms with Gasteiger partial charge in [0, 0.05) is 17.3 Å². The third-order valence-corrected chi connectivity index (χ3v) is 5.55. The van der Waals surface area contributed by atoms with Gasteiger partial charge in [-0.3, -0.25) is 4.79 Å². The van der Waals surface area contributed by atoms with Crippen LogP contribution < -0.4 is 5.32 Å². The minimum Gasteiger partial charge on any atom is -0.322 e. The van der Waals surface area contributed by atoms with E-state index < -0.39 is 0 Å². The second-order valence-electron chi connectivity index (χ2n) is 8.23. The van der Waals surface area contributed by atoms with Crippen molar-refractivity contribution in [3.05, 3.63) is 82.7 Å². The summed E-state index contributed by atoms with van der Waals surface area (Å²) in [5, 5.41) is 8.63. The molecule has 0 unspecified atom stereocenters. The van der Waals surface area contributed by atoms with Crippen molar-refractivity contribution in [3.63, 3.8) is 0 Å². The molecule has 5 rings (SSSR count). The Kier molecular flexibility index (Phi) is 4.39. The van der Waals surface area contributed by atoms with Crippen LogP contribution in [0.25, 0.3) is 16.7 Å². The van der Waals surface area contributed by atoms with Gasteiger partial charge in [-0.25, -0.2) is 9.67 Å². The fourth-order valence-corrected chi connectivity index (χ4v) is 4.07. The number of carbonyl (C=O) groups is 1. The maximum Gasteiger partial charge on any atom is 0.256 e. The molecule has 2 aromatic heterocycles. The molecule has 4 aromatic rings. The number of nitrogens with zero attached hydrogens (tertiary/aromatic N) is 3. The molecule has 5 nitrogen and oxygen atoms in total. The van der Waals surface area contributed by atoms with Crippen molar-refractivity contribution >= 4 is 22.6 Å². The van der Waals surface area contributed by atoms with E-state index in [9.17, 15) is 4.79 Å². The van der Waals surface area contributed by atoms with Crippen LogP contribution in [0.4, 0.5) is 5.69 Å². The van der Waals surface area contributed by atoms with Gasteiger partial charge in [0.15, 0.2) is 5.65 Å². The standard InChI is InChI=1S/C25H24N4O/c1-15-11-16(2)13-19(12-15)26-25(30)21-14-22(18-9-10-18)27-24-23(21)17(3)28-29(24)20-7-5-4-6-8-20/h4-8,11-14,18H,9-10H2,1-3H3,(H,26,30). The first-order valence-electron chi connectivity index (χ1n) is 10.3. The first-order valence-corrected chi connectivity index (χ1v) is 10.3. The van der Waals surface area contributed by atoms with Crippen LogP contribution >= 0.6 is 0 Å². The van der Waals surface area contributed by atoms with Crippen LogP contribution in [0, 0.1) is 20.8 Å². The maximum absolute atomic E-state index is 13.4. The van der Waals surface area contributed by atoms with E-state index in [2.05, 4.69) is 11.4 Å². The van der Waals surface area contributed by atoms with Gasteiger partial charge in [-0.1, -0.05) is 24.3 Å². The highest BCUT2D eigenvalue weighted by Gasteiger charge is 2.29. The second-order valence-corrected chi connectivity index (χ2v) is 8.23. The normalized spacial score (nSPS) is 13.6. The lowest BCUT2D eigenvalue weighted by molar-refractivity contribution is 0.102. The number of anilines is 1. The summed E-state index contributed by atoms with van der Waals surface area (Å²) in [6.07, 6.45) is 2.24. The predicted molar refractivity (Wildman–Crippen MR) is 119 cm³/mol. The number of amides is 1. The SMILES string of the molecule is Cc1cc(C)cc(NC(=O)c2cc(C3CC3)nc3c2c(C)nn3-c2ccccc2)c1. The summed E-state index contributed by atoms with van der Waals surface area (Å²) in [6, 6.07) is 18.0. The van der Waals surface area contributed by atoms with Crippen molar-refractivity contribution in [2.24, 2.45) is 0 Å². The molecule has 1 aliphatic carbocycles. The molecule has 1 fully saturated rings. The zero-order valence-corrected chi connectivity index (χ0v) is 17.4. The number of fused-ring (bicyclic) bond motifs is 1. The van der Waals surface area contributed by atoms with E-state index in [1.165, 1.54) is 0 Å². The molecule has 0 bridgehead atoms. The lowest BCUT2D eigenvalue weighted by atomic mass is 10.1. The quantitative estimate of drug-likeness (QED) is 0.497. The summed E-state index contributed by atoms with van der Waals surface area (Å²) in [5.74, 6) is 0.312. The molecular weight excluding hydrogens is 372 g/mol. The molecule has 0 aliphatic heterocycles. The van der Waals surface area contributed by atoms with E-state index in [1.807, 2.05) is 74.0 Å². The fourth-order valence-electron chi connectivity index (χ4n) is 4.07. The summed E-state index contributed by atoms with van der Waals surface area (Å²) in [7, 11) is 0. The van der Waals surface area contributed by atoms with E-state index in [0.29, 0.717) is 11.5 Å². The van der Waals surface area contributed by atoms with Gasteiger partial charge in [0.25, 0.3) is 5.91 Å². The molecule has 1 N–H and O–H groups in total. The van der Waals surface area contributed by atoms with Gasteiger partial charge in [0.1, 0.15) is 0 Å². The molecular formula is C25H24N4O. The van der Waals surface area contributed by atoms with E-state index in [4.69, 9.17) is 10.1 Å². The van der Waals surface area contributed by atoms with Crippen molar-refractivity contribution < 1.29 is 4.79 Å². The van der Waals surface area contributed by atoms with Gasteiger partial charge in [-0.2, -0.15) is 5.10 Å². The van der Waals surface area contributed by atoms with Crippen LogP contribution in [0.2, 0.25) is 0 Å². The minimum absolute atomic E-state index is 0.120. The zero-order valence-electron chi connectivity index (χ0n) is 17.4. The monoisotopic (exact) mass is 396 g/mol. The molecule has 5 heteroatoms. The Morgan fingerprint density at radius 2 is 1.70 bits per heavy atom. The average Bonchev–Trinajstić information content (AvgIpc) is 3.51. The Morgan fingerprint density at radius 3 is 2.37 bits per heavy atom. The molecule has 0 saturated heterocycles. The van der Waals surface area contributed by atoms with Gasteiger partial charge in [-0.05, 0) is 75.1 Å². The van der Waals surface area contributed by atoms with Crippen LogP contribution in [-0.4, -0.2) is 20.7 Å². The number of benzene rings is 2. The number of para-hydroxylation sites is 1. The number of aryl methyl sites for hydroxylation is 3. The molecule has 1 aliphatic rings. The summed E-state index contributed by atoms with van der Waals surface area (Å²) in [6.45, 7) is 6.01. The van der Waals surface area contributed by atoms with Crippen LogP contribution in [0.5, 0.6) is 0 Å². The number of pyridine rings is 1. The Hall–Kier alpha value is -3.47. The van der Waals surface area contributed by atoms with Crippen LogP contribution in [0.15, 0.2) is 54.6 Å². The van der Waals surface area contributed by atoms with Gasteiger partial charge in [-0.15, -0.1) is 0 Å². The summed E-state index contributed by atoms with van der Waals surface area (Å²) in [4.78, 5) is 18.3. The highest BCUT2D eigenvalue weighted by molar-refractivity contribution is 6.13. The van der Waals surface area contributed by atoms with Crippen LogP contribution in [0.3, 0.4) is 0 Å². The Morgan fingerprint density at radius 1 is 1.00 bits per heavy atom. The third kappa shape index (κ3) is 3.36. The highest BCUT2D eigenvalue weighted by atomic mass is 16.1. The van der Waals surface area contributed by atoms with Crippen molar-refractivity contribution in [3.8, 4) is 5.69 Å². The second kappa shape index (κ2) is 7.10. The number of nitrogens with one attached hydrogen (secondary N) is 1. The highest BCUT2D eigenvalue weighted by Crippen LogP contribution is 2.40. The minimum atomic E-state index is -0.120. The molecule has 1 saturated carbocycles. The Balaban J connectivity index is 1.65. The Bertz CT molecular complexity index is 1250. The molecule has 1 amide bonds. The largest absolute Gasteiger partial charge is 0.322 e. The first kappa shape index (κ1) is 18.6. The predicted octanol–water partition coefficient (Wildman–Crippen LogP) is 5.48. The Labute approximate surface area is 175 Å². The van der Waals surface area contributed by atoms with E-state index >= 15 is 0 Å². The van der Waals surface area contributed by atoms with Gasteiger partial charge in [0.2, 0.25) is 0 Å². The fraction of sp³-hybridized carbons (Fsp3) is 0.240. The number of carbonyl (C=O) groups excluding carboxylic acids is 1. The molecule has 0 spiro atoms. The van der Waals surface area contributed by atoms with Crippen LogP contribution in [-0.2, 0) is 0 Å². The lowest BCUT2D eigenvalue weighted by Gasteiger charge is -2.11. The first-order chi connectivity index (χ1) is 14.5. The van der Waals surface area contributed by atoms with E-state index in [1.54, 1.807) is 0 Å². The smallest absolute Gasteiger partial charge is 0.256 e. The molecule has 2 aromatic carbocycles. The summed E-state index contributed by atoms with van der Waals surface area (Å²) >= 11 is 0. The van der Waals surface area contributed by atoms with Gasteiger partial charge in [0.05, 0.1) is 22.3 Å². The molecule has 0 radical (unpaired) electrons. The molecule has 30 heavy (non-hydrogen) atoms. The number of rotatable bonds is 4. The third-order valence-electron chi connectivity index (χ3n) is 5.55. The van der Waals surface area contributed by atoms with Crippen molar-refractivity contribution in [1.82, 2.24) is 14.8 Å². The number of hydrogen-bond donors (Lipinski definition) is 1. The zero-order chi connectivity index (χ0) is 20.8. The van der Waals surface area contributed by atoms with Gasteiger partial charge < -0.3 is 5.32 Å². The topological polar surface area (TPSA) is 59.8 Å². The van der Waals surface area contributed by atoms with Crippen molar-refractivity contribution in [2.75, 3.05) is 5.32 Å². The maximum atomic E-state index is 13.4. The summed E-state index contributed by atoms with van der Waals surface area (Å²) < 4.78 is 1.85. The summed E-state index contributed by atoms with van der Waals surface area (Å²) in [5.41, 5.74) is 7.16. The number of aromatic nitrogens is 3. The van der Waals surface area contributed by atoms with E-state index in [0.717, 1.165) is 57.8 Å². The molecule has 150 valence electrons. The van der Waals surface area contributed by atoms with E-state index in [-0.39, 0.29) is 5.91 Å². The lowest BCUT2D eigenvalue weighted by Crippen LogP contribution is -2.14. The van der Waals surface area contributed by atoms with Crippen molar-refractivity contribution in [1.29, 1.82) is 0 Å². The molecule has 0 atom stereocenters. The van der Waals surface area contributed by atoms with Crippen LogP contribution in [0.1, 0.15) is 51.6 Å². The number of hydrogen-bond acceptors (Lipinski definition) is 3. The van der Waals surface area contributed by atoms with Crippen molar-refractivity contribution in [2.45, 2.75) is 39.5 Å². The average molecular weight is 396 g/mol.